The molecule has 1 fully saturated rings. The number of carbonyl (C=O) groups excluding carboxylic acids is 1. The molecule has 92 valence electrons. The van der Waals surface area contributed by atoms with E-state index in [2.05, 4.69) is 10.3 Å². The molecule has 1 unspecified atom stereocenters. The summed E-state index contributed by atoms with van der Waals surface area (Å²) >= 11 is 0. The molecular formula is C12H17N3O2. The third-order valence-electron chi connectivity index (χ3n) is 2.81. The second-order valence-corrected chi connectivity index (χ2v) is 4.30. The number of pyridine rings is 1. The van der Waals surface area contributed by atoms with E-state index in [0.717, 1.165) is 18.7 Å². The van der Waals surface area contributed by atoms with Crippen molar-refractivity contribution >= 4 is 5.91 Å². The molecule has 1 aromatic rings. The highest BCUT2D eigenvalue weighted by Crippen LogP contribution is 2.13. The molecule has 0 aliphatic carbocycles. The van der Waals surface area contributed by atoms with E-state index in [4.69, 9.17) is 10.5 Å². The van der Waals surface area contributed by atoms with Gasteiger partial charge in [0.2, 0.25) is 11.8 Å². The van der Waals surface area contributed by atoms with Crippen LogP contribution in [0.25, 0.3) is 0 Å². The van der Waals surface area contributed by atoms with E-state index in [0.29, 0.717) is 24.1 Å². The zero-order valence-corrected chi connectivity index (χ0v) is 9.90. The van der Waals surface area contributed by atoms with Gasteiger partial charge >= 0.3 is 0 Å². The molecular weight excluding hydrogens is 218 g/mol. The fourth-order valence-corrected chi connectivity index (χ4v) is 1.94. The summed E-state index contributed by atoms with van der Waals surface area (Å²) in [6.07, 6.45) is 2.30. The first-order valence-electron chi connectivity index (χ1n) is 5.80. The summed E-state index contributed by atoms with van der Waals surface area (Å²) in [6.45, 7) is 3.43. The molecule has 1 aromatic heterocycles. The van der Waals surface area contributed by atoms with Gasteiger partial charge in [0.25, 0.3) is 0 Å². The first-order valence-corrected chi connectivity index (χ1v) is 5.80. The molecule has 1 aliphatic heterocycles. The predicted octanol–water partition coefficient (Wildman–Crippen LogP) is 0.620. The standard InChI is InChI=1S/C12H17N3O2/c1-8-5-9(12(13)16)6-11(15-8)17-7-10-3-2-4-14-10/h5-6,10,14H,2-4,7H2,1H3,(H2,13,16). The molecule has 2 heterocycles. The number of hydrogen-bond donors (Lipinski definition) is 2. The Morgan fingerprint density at radius 3 is 3.12 bits per heavy atom. The van der Waals surface area contributed by atoms with Gasteiger partial charge in [0, 0.05) is 23.4 Å². The van der Waals surface area contributed by atoms with Crippen molar-refractivity contribution in [2.75, 3.05) is 13.2 Å². The summed E-state index contributed by atoms with van der Waals surface area (Å²) in [5.41, 5.74) is 6.40. The van der Waals surface area contributed by atoms with Crippen LogP contribution in [-0.4, -0.2) is 30.1 Å². The van der Waals surface area contributed by atoms with Crippen LogP contribution >= 0.6 is 0 Å². The van der Waals surface area contributed by atoms with E-state index < -0.39 is 5.91 Å². The molecule has 1 saturated heterocycles. The highest BCUT2D eigenvalue weighted by Gasteiger charge is 2.15. The van der Waals surface area contributed by atoms with Crippen molar-refractivity contribution in [1.29, 1.82) is 0 Å². The number of ether oxygens (including phenoxy) is 1. The van der Waals surface area contributed by atoms with Crippen molar-refractivity contribution in [2.45, 2.75) is 25.8 Å². The van der Waals surface area contributed by atoms with Crippen molar-refractivity contribution in [3.8, 4) is 5.88 Å². The van der Waals surface area contributed by atoms with Crippen LogP contribution in [0.3, 0.4) is 0 Å². The van der Waals surface area contributed by atoms with Gasteiger partial charge in [-0.3, -0.25) is 4.79 Å². The topological polar surface area (TPSA) is 77.2 Å². The maximum atomic E-state index is 11.1. The number of aryl methyl sites for hydroxylation is 1. The number of primary amides is 1. The second kappa shape index (κ2) is 5.14. The van der Waals surface area contributed by atoms with Crippen LogP contribution in [0.1, 0.15) is 28.9 Å². The second-order valence-electron chi connectivity index (χ2n) is 4.30. The Hall–Kier alpha value is -1.62. The summed E-state index contributed by atoms with van der Waals surface area (Å²) < 4.78 is 5.58. The van der Waals surface area contributed by atoms with E-state index in [1.54, 1.807) is 12.1 Å². The van der Waals surface area contributed by atoms with Crippen molar-refractivity contribution < 1.29 is 9.53 Å². The van der Waals surface area contributed by atoms with Gasteiger partial charge in [0.15, 0.2) is 0 Å². The lowest BCUT2D eigenvalue weighted by atomic mass is 10.2. The number of nitrogens with one attached hydrogen (secondary N) is 1. The van der Waals surface area contributed by atoms with E-state index in [1.165, 1.54) is 6.42 Å². The molecule has 0 saturated carbocycles. The van der Waals surface area contributed by atoms with Gasteiger partial charge in [0.1, 0.15) is 6.61 Å². The van der Waals surface area contributed by atoms with Crippen molar-refractivity contribution in [2.24, 2.45) is 5.73 Å². The summed E-state index contributed by atoms with van der Waals surface area (Å²) in [4.78, 5) is 15.3. The summed E-state index contributed by atoms with van der Waals surface area (Å²) in [6, 6.07) is 3.63. The minimum absolute atomic E-state index is 0.384. The van der Waals surface area contributed by atoms with E-state index in [9.17, 15) is 4.79 Å². The van der Waals surface area contributed by atoms with E-state index in [1.807, 2.05) is 6.92 Å². The number of carbonyl (C=O) groups is 1. The highest BCUT2D eigenvalue weighted by molar-refractivity contribution is 5.93. The predicted molar refractivity (Wildman–Crippen MR) is 64.0 cm³/mol. The van der Waals surface area contributed by atoms with E-state index >= 15 is 0 Å². The van der Waals surface area contributed by atoms with Crippen LogP contribution < -0.4 is 15.8 Å². The average molecular weight is 235 g/mol. The molecule has 0 bridgehead atoms. The van der Waals surface area contributed by atoms with Crippen molar-refractivity contribution in [3.05, 3.63) is 23.4 Å². The van der Waals surface area contributed by atoms with Gasteiger partial charge in [-0.1, -0.05) is 0 Å². The molecule has 5 nitrogen and oxygen atoms in total. The van der Waals surface area contributed by atoms with Crippen LogP contribution in [0.5, 0.6) is 5.88 Å². The third-order valence-corrected chi connectivity index (χ3v) is 2.81. The molecule has 17 heavy (non-hydrogen) atoms. The SMILES string of the molecule is Cc1cc(C(N)=O)cc(OCC2CCCN2)n1. The largest absolute Gasteiger partial charge is 0.476 e. The normalized spacial score (nSPS) is 19.2. The average Bonchev–Trinajstić information content (AvgIpc) is 2.78. The highest BCUT2D eigenvalue weighted by atomic mass is 16.5. The monoisotopic (exact) mass is 235 g/mol. The van der Waals surface area contributed by atoms with Crippen LogP contribution in [0, 0.1) is 6.92 Å². The molecule has 2 rings (SSSR count). The van der Waals surface area contributed by atoms with E-state index in [-0.39, 0.29) is 0 Å². The summed E-state index contributed by atoms with van der Waals surface area (Å²) in [7, 11) is 0. The fraction of sp³-hybridized carbons (Fsp3) is 0.500. The maximum Gasteiger partial charge on any atom is 0.248 e. The lowest BCUT2D eigenvalue weighted by molar-refractivity contribution is 0.0999. The molecule has 0 spiro atoms. The minimum atomic E-state index is -0.459. The molecule has 5 heteroatoms. The summed E-state index contributed by atoms with van der Waals surface area (Å²) in [5.74, 6) is 0.00633. The quantitative estimate of drug-likeness (QED) is 0.802. The Bertz CT molecular complexity index is 414. The van der Waals surface area contributed by atoms with Crippen LogP contribution in [0.2, 0.25) is 0 Å². The minimum Gasteiger partial charge on any atom is -0.476 e. The smallest absolute Gasteiger partial charge is 0.248 e. The Morgan fingerprint density at radius 2 is 2.47 bits per heavy atom. The van der Waals surface area contributed by atoms with Crippen LogP contribution in [-0.2, 0) is 0 Å². The Balaban J connectivity index is 2.01. The first-order chi connectivity index (χ1) is 8.15. The van der Waals surface area contributed by atoms with Gasteiger partial charge in [0.05, 0.1) is 0 Å². The van der Waals surface area contributed by atoms with Gasteiger partial charge in [-0.15, -0.1) is 0 Å². The van der Waals surface area contributed by atoms with Crippen LogP contribution in [0.4, 0.5) is 0 Å². The Labute approximate surface area is 100 Å². The molecule has 1 aliphatic rings. The maximum absolute atomic E-state index is 11.1. The van der Waals surface area contributed by atoms with Crippen molar-refractivity contribution in [3.63, 3.8) is 0 Å². The zero-order valence-electron chi connectivity index (χ0n) is 9.90. The fourth-order valence-electron chi connectivity index (χ4n) is 1.94. The van der Waals surface area contributed by atoms with Crippen molar-refractivity contribution in [1.82, 2.24) is 10.3 Å². The third kappa shape index (κ3) is 3.17. The molecule has 3 N–H and O–H groups in total. The van der Waals surface area contributed by atoms with Gasteiger partial charge in [-0.25, -0.2) is 4.98 Å². The number of amides is 1. The number of nitrogens with zero attached hydrogens (tertiary/aromatic N) is 1. The van der Waals surface area contributed by atoms with Gasteiger partial charge in [-0.2, -0.15) is 0 Å². The van der Waals surface area contributed by atoms with Gasteiger partial charge in [-0.05, 0) is 32.4 Å². The first kappa shape index (κ1) is 11.9. The Morgan fingerprint density at radius 1 is 1.65 bits per heavy atom. The molecule has 1 amide bonds. The number of rotatable bonds is 4. The zero-order chi connectivity index (χ0) is 12.3. The van der Waals surface area contributed by atoms with Gasteiger partial charge < -0.3 is 15.8 Å². The number of hydrogen-bond acceptors (Lipinski definition) is 4. The lowest BCUT2D eigenvalue weighted by Gasteiger charge is -2.12. The summed E-state index contributed by atoms with van der Waals surface area (Å²) in [5, 5.41) is 3.33. The lowest BCUT2D eigenvalue weighted by Crippen LogP contribution is -2.28. The molecule has 1 atom stereocenters. The number of nitrogens with two attached hydrogens (primary N) is 1. The molecule has 0 aromatic carbocycles. The molecule has 0 radical (unpaired) electrons. The number of aromatic nitrogens is 1. The van der Waals surface area contributed by atoms with Crippen LogP contribution in [0.15, 0.2) is 12.1 Å². The Kier molecular flexibility index (Phi) is 3.58.